The lowest BCUT2D eigenvalue weighted by molar-refractivity contribution is -0.144. The van der Waals surface area contributed by atoms with Crippen LogP contribution in [-0.4, -0.2) is 98.4 Å². The number of ketones is 1. The molecule has 2 saturated heterocycles. The van der Waals surface area contributed by atoms with E-state index in [0.717, 1.165) is 55.8 Å². The van der Waals surface area contributed by atoms with Gasteiger partial charge in [-0.25, -0.2) is 0 Å². The summed E-state index contributed by atoms with van der Waals surface area (Å²) in [5.74, 6) is 0.590. The molecule has 43 heavy (non-hydrogen) atoms. The van der Waals surface area contributed by atoms with Crippen LogP contribution >= 0.6 is 17.0 Å². The van der Waals surface area contributed by atoms with Gasteiger partial charge in [0.2, 0.25) is 0 Å². The van der Waals surface area contributed by atoms with Crippen LogP contribution in [0.15, 0.2) is 48.5 Å². The summed E-state index contributed by atoms with van der Waals surface area (Å²) < 4.78 is 10.5. The van der Waals surface area contributed by atoms with Gasteiger partial charge in [-0.15, -0.1) is 17.0 Å². The second kappa shape index (κ2) is 15.9. The summed E-state index contributed by atoms with van der Waals surface area (Å²) in [6.07, 6.45) is 0.847. The lowest BCUT2D eigenvalue weighted by Gasteiger charge is -2.34. The highest BCUT2D eigenvalue weighted by molar-refractivity contribution is 8.93. The van der Waals surface area contributed by atoms with Crippen molar-refractivity contribution in [1.29, 1.82) is 5.41 Å². The van der Waals surface area contributed by atoms with Gasteiger partial charge in [0, 0.05) is 64.5 Å². The molecule has 0 spiro atoms. The number of ether oxygens (including phenoxy) is 2. The van der Waals surface area contributed by atoms with Gasteiger partial charge in [0.25, 0.3) is 0 Å². The van der Waals surface area contributed by atoms with Crippen LogP contribution in [-0.2, 0) is 26.2 Å². The zero-order valence-electron chi connectivity index (χ0n) is 26.4. The monoisotopic (exact) mass is 656 g/mol. The third-order valence-electron chi connectivity index (χ3n) is 8.46. The Kier molecular flexibility index (Phi) is 12.9. The van der Waals surface area contributed by atoms with Crippen molar-refractivity contribution in [3.8, 4) is 0 Å². The second-order valence-electron chi connectivity index (χ2n) is 12.6. The number of hydrogen-bond donors (Lipinski definition) is 1. The van der Waals surface area contributed by atoms with Gasteiger partial charge in [-0.05, 0) is 53.5 Å². The van der Waals surface area contributed by atoms with E-state index in [9.17, 15) is 9.59 Å². The molecule has 2 aromatic carbocycles. The van der Waals surface area contributed by atoms with Crippen molar-refractivity contribution < 1.29 is 19.1 Å². The van der Waals surface area contributed by atoms with Crippen molar-refractivity contribution in [2.75, 3.05) is 66.1 Å². The van der Waals surface area contributed by atoms with Crippen LogP contribution in [0.4, 0.5) is 0 Å². The Morgan fingerprint density at radius 1 is 0.977 bits per heavy atom. The maximum atomic E-state index is 13.8. The van der Waals surface area contributed by atoms with Gasteiger partial charge in [0.05, 0.1) is 19.7 Å². The van der Waals surface area contributed by atoms with E-state index in [1.165, 1.54) is 0 Å². The molecule has 0 bridgehead atoms. The molecule has 8 nitrogen and oxygen atoms in total. The topological polar surface area (TPSA) is 86.2 Å². The Labute approximate surface area is 268 Å². The maximum absolute atomic E-state index is 13.8. The number of rotatable bonds is 12. The molecule has 2 aliphatic heterocycles. The smallest absolute Gasteiger partial charge is 0.320 e. The van der Waals surface area contributed by atoms with Crippen molar-refractivity contribution in [3.63, 3.8) is 0 Å². The van der Waals surface area contributed by atoms with Crippen LogP contribution in [0, 0.1) is 11.3 Å². The van der Waals surface area contributed by atoms with E-state index in [1.807, 2.05) is 42.2 Å². The first-order valence-corrected chi connectivity index (χ1v) is 15.2. The highest BCUT2D eigenvalue weighted by atomic mass is 79.9. The number of halogens is 1. The standard InChI is InChI=1S/C34H48N4O4.BrH/c1-6-42-31(40)24-37-15-13-36(14-16-37)21-25-18-28(20-29(19-25)34(2,3)4)30(39)23-38-22-27(12-17-41-5)32(33(38)35)26-10-8-7-9-11-26;/h7-11,18-20,27,32,35H,6,12-17,21-24H2,1-5H3;1H. The number of Topliss-reactive ketones (excluding diaryl/α,β-unsaturated/α-hetero) is 1. The second-order valence-corrected chi connectivity index (χ2v) is 12.6. The van der Waals surface area contributed by atoms with E-state index in [1.54, 1.807) is 7.11 Å². The van der Waals surface area contributed by atoms with Crippen molar-refractivity contribution >= 4 is 34.6 Å². The normalized spacial score (nSPS) is 19.7. The number of nitrogens with zero attached hydrogens (tertiary/aromatic N) is 3. The fourth-order valence-corrected chi connectivity index (χ4v) is 6.07. The van der Waals surface area contributed by atoms with Gasteiger partial charge in [0.15, 0.2) is 5.78 Å². The van der Waals surface area contributed by atoms with Gasteiger partial charge in [-0.2, -0.15) is 0 Å². The Morgan fingerprint density at radius 2 is 1.65 bits per heavy atom. The average Bonchev–Trinajstić information content (AvgIpc) is 3.27. The largest absolute Gasteiger partial charge is 0.465 e. The molecule has 2 aromatic rings. The van der Waals surface area contributed by atoms with E-state index in [2.05, 4.69) is 48.8 Å². The first kappa shape index (κ1) is 34.9. The summed E-state index contributed by atoms with van der Waals surface area (Å²) in [4.78, 5) is 32.2. The van der Waals surface area contributed by atoms with E-state index in [-0.39, 0.29) is 52.5 Å². The highest BCUT2D eigenvalue weighted by Crippen LogP contribution is 2.36. The molecular weight excluding hydrogens is 608 g/mol. The molecule has 2 fully saturated rings. The molecule has 0 saturated carbocycles. The molecular formula is C34H49BrN4O4. The number of piperazine rings is 1. The van der Waals surface area contributed by atoms with Crippen molar-refractivity contribution in [1.82, 2.24) is 14.7 Å². The highest BCUT2D eigenvalue weighted by Gasteiger charge is 2.39. The van der Waals surface area contributed by atoms with E-state index in [0.29, 0.717) is 37.7 Å². The van der Waals surface area contributed by atoms with E-state index >= 15 is 0 Å². The number of likely N-dealkylation sites (tertiary alicyclic amines) is 1. The van der Waals surface area contributed by atoms with Crippen LogP contribution in [0.2, 0.25) is 0 Å². The third-order valence-corrected chi connectivity index (χ3v) is 8.46. The Balaban J connectivity index is 0.00000506. The zero-order chi connectivity index (χ0) is 30.3. The van der Waals surface area contributed by atoms with E-state index in [4.69, 9.17) is 14.9 Å². The predicted molar refractivity (Wildman–Crippen MR) is 177 cm³/mol. The van der Waals surface area contributed by atoms with Gasteiger partial charge in [-0.1, -0.05) is 57.2 Å². The molecule has 2 aliphatic rings. The predicted octanol–water partition coefficient (Wildman–Crippen LogP) is 5.15. The number of nitrogens with one attached hydrogen (secondary N) is 1. The molecule has 2 heterocycles. The molecule has 0 aromatic heterocycles. The number of carbonyl (C=O) groups excluding carboxylic acids is 2. The fourth-order valence-electron chi connectivity index (χ4n) is 6.07. The molecule has 1 N–H and O–H groups in total. The van der Waals surface area contributed by atoms with Crippen LogP contribution in [0.3, 0.4) is 0 Å². The number of carbonyl (C=O) groups is 2. The molecule has 9 heteroatoms. The molecule has 0 radical (unpaired) electrons. The minimum absolute atomic E-state index is 0. The Hall–Kier alpha value is -2.59. The lowest BCUT2D eigenvalue weighted by Crippen LogP contribution is -2.47. The summed E-state index contributed by atoms with van der Waals surface area (Å²) in [5.41, 5.74) is 4.00. The van der Waals surface area contributed by atoms with Crippen LogP contribution in [0.1, 0.15) is 67.1 Å². The SMILES string of the molecule is Br.CCOC(=O)CN1CCN(Cc2cc(C(=O)CN3CC(CCOC)C(c4ccccc4)C3=N)cc(C(C)(C)C)c2)CC1. The van der Waals surface area contributed by atoms with Crippen LogP contribution in [0.5, 0.6) is 0 Å². The Bertz CT molecular complexity index is 1220. The van der Waals surface area contributed by atoms with Gasteiger partial charge >= 0.3 is 5.97 Å². The minimum atomic E-state index is -0.168. The molecule has 2 unspecified atom stereocenters. The minimum Gasteiger partial charge on any atom is -0.465 e. The summed E-state index contributed by atoms with van der Waals surface area (Å²) >= 11 is 0. The first-order chi connectivity index (χ1) is 20.1. The quantitative estimate of drug-likeness (QED) is 0.250. The van der Waals surface area contributed by atoms with Crippen molar-refractivity contribution in [2.24, 2.45) is 5.92 Å². The fraction of sp³-hybridized carbons (Fsp3) is 0.559. The first-order valence-electron chi connectivity index (χ1n) is 15.2. The molecule has 236 valence electrons. The van der Waals surface area contributed by atoms with Crippen LogP contribution < -0.4 is 0 Å². The van der Waals surface area contributed by atoms with Gasteiger partial charge in [0.1, 0.15) is 5.84 Å². The van der Waals surface area contributed by atoms with Crippen LogP contribution in [0.25, 0.3) is 0 Å². The molecule has 4 rings (SSSR count). The number of hydrogen-bond acceptors (Lipinski definition) is 7. The Morgan fingerprint density at radius 3 is 2.28 bits per heavy atom. The van der Waals surface area contributed by atoms with E-state index < -0.39 is 0 Å². The number of benzene rings is 2. The number of methoxy groups -OCH3 is 1. The lowest BCUT2D eigenvalue weighted by atomic mass is 9.84. The van der Waals surface area contributed by atoms with Gasteiger partial charge < -0.3 is 14.4 Å². The summed E-state index contributed by atoms with van der Waals surface area (Å²) in [6, 6.07) is 16.5. The van der Waals surface area contributed by atoms with Crippen molar-refractivity contribution in [3.05, 3.63) is 70.8 Å². The molecule has 2 atom stereocenters. The summed E-state index contributed by atoms with van der Waals surface area (Å²) in [7, 11) is 1.71. The zero-order valence-corrected chi connectivity index (χ0v) is 28.1. The average molecular weight is 658 g/mol. The molecule has 0 amide bonds. The number of amidine groups is 1. The summed E-state index contributed by atoms with van der Waals surface area (Å²) in [6.45, 7) is 14.7. The third kappa shape index (κ3) is 9.45. The number of esters is 1. The summed E-state index contributed by atoms with van der Waals surface area (Å²) in [5, 5.41) is 9.05. The molecule has 0 aliphatic carbocycles. The maximum Gasteiger partial charge on any atom is 0.320 e. The van der Waals surface area contributed by atoms with Crippen molar-refractivity contribution in [2.45, 2.75) is 52.0 Å². The van der Waals surface area contributed by atoms with Gasteiger partial charge in [-0.3, -0.25) is 24.8 Å².